The average molecular weight is 454 g/mol. The van der Waals surface area contributed by atoms with E-state index in [-0.39, 0.29) is 22.9 Å². The van der Waals surface area contributed by atoms with Crippen molar-refractivity contribution in [1.29, 1.82) is 0 Å². The van der Waals surface area contributed by atoms with E-state index in [1.165, 1.54) is 24.3 Å². The largest absolute Gasteiger partial charge is 0.507 e. The summed E-state index contributed by atoms with van der Waals surface area (Å²) in [7, 11) is 3.02. The first kappa shape index (κ1) is 21.5. The zero-order chi connectivity index (χ0) is 22.8. The van der Waals surface area contributed by atoms with Crippen LogP contribution in [0.2, 0.25) is 5.02 Å². The molecule has 0 aliphatic carbocycles. The summed E-state index contributed by atoms with van der Waals surface area (Å²) in [6.07, 6.45) is 1.49. The van der Waals surface area contributed by atoms with Gasteiger partial charge in [-0.1, -0.05) is 23.7 Å². The number of methoxy groups -OCH3 is 2. The second-order valence-electron chi connectivity index (χ2n) is 7.13. The Morgan fingerprint density at radius 1 is 1.09 bits per heavy atom. The number of hydrogen-bond acceptors (Lipinski definition) is 6. The number of aliphatic hydroxyl groups is 1. The predicted octanol–water partition coefficient (Wildman–Crippen LogP) is 4.57. The molecule has 1 fully saturated rings. The van der Waals surface area contributed by atoms with Crippen molar-refractivity contribution in [2.75, 3.05) is 14.2 Å². The molecule has 1 saturated heterocycles. The molecule has 0 saturated carbocycles. The number of ketones is 1. The number of carbonyl (C=O) groups excluding carboxylic acids is 2. The maximum Gasteiger partial charge on any atom is 0.296 e. The van der Waals surface area contributed by atoms with Crippen molar-refractivity contribution in [1.82, 2.24) is 4.90 Å². The number of hydrogen-bond donors (Lipinski definition) is 1. The van der Waals surface area contributed by atoms with Gasteiger partial charge in [-0.3, -0.25) is 9.59 Å². The second kappa shape index (κ2) is 8.80. The molecule has 3 aromatic rings. The van der Waals surface area contributed by atoms with E-state index >= 15 is 0 Å². The number of ether oxygens (including phenoxy) is 2. The fourth-order valence-electron chi connectivity index (χ4n) is 3.72. The van der Waals surface area contributed by atoms with Gasteiger partial charge in [-0.25, -0.2) is 0 Å². The van der Waals surface area contributed by atoms with Crippen molar-refractivity contribution in [2.24, 2.45) is 0 Å². The number of aliphatic hydroxyl groups excluding tert-OH is 1. The molecule has 7 nitrogen and oxygen atoms in total. The lowest BCUT2D eigenvalue weighted by Crippen LogP contribution is -2.29. The number of amides is 1. The van der Waals surface area contributed by atoms with Gasteiger partial charge in [0.05, 0.1) is 43.7 Å². The summed E-state index contributed by atoms with van der Waals surface area (Å²) >= 11 is 6.21. The zero-order valence-electron chi connectivity index (χ0n) is 17.4. The van der Waals surface area contributed by atoms with Gasteiger partial charge < -0.3 is 23.9 Å². The maximum atomic E-state index is 13.1. The summed E-state index contributed by atoms with van der Waals surface area (Å²) in [4.78, 5) is 27.4. The summed E-state index contributed by atoms with van der Waals surface area (Å²) in [5, 5.41) is 11.4. The molecule has 1 unspecified atom stereocenters. The van der Waals surface area contributed by atoms with E-state index in [1.54, 1.807) is 55.6 Å². The molecule has 164 valence electrons. The molecule has 32 heavy (non-hydrogen) atoms. The summed E-state index contributed by atoms with van der Waals surface area (Å²) in [5.74, 6) is -0.286. The Labute approximate surface area is 189 Å². The minimum Gasteiger partial charge on any atom is -0.507 e. The standard InChI is InChI=1S/C24H20ClNO6/c1-30-16-8-5-14(6-9-16)21-20(22(27)15-7-10-19(31-2)18(25)12-15)23(28)24(29)26(21)13-17-4-3-11-32-17/h3-12,21,27H,13H2,1-2H3/b22-20-. The van der Waals surface area contributed by atoms with Gasteiger partial charge in [0.2, 0.25) is 0 Å². The highest BCUT2D eigenvalue weighted by Gasteiger charge is 2.46. The normalized spacial score (nSPS) is 17.6. The predicted molar refractivity (Wildman–Crippen MR) is 118 cm³/mol. The molecule has 1 aliphatic rings. The molecule has 8 heteroatoms. The molecule has 0 bridgehead atoms. The smallest absolute Gasteiger partial charge is 0.296 e. The molecular formula is C24H20ClNO6. The van der Waals surface area contributed by atoms with Crippen LogP contribution >= 0.6 is 11.6 Å². The first-order valence-electron chi connectivity index (χ1n) is 9.73. The van der Waals surface area contributed by atoms with Gasteiger partial charge >= 0.3 is 0 Å². The summed E-state index contributed by atoms with van der Waals surface area (Å²) in [5.41, 5.74) is 0.899. The Kier molecular flexibility index (Phi) is 5.92. The molecule has 2 heterocycles. The molecule has 2 aromatic carbocycles. The third kappa shape index (κ3) is 3.83. The van der Waals surface area contributed by atoms with Crippen molar-refractivity contribution in [3.8, 4) is 11.5 Å². The number of Topliss-reactive ketones (excluding diaryl/α,β-unsaturated/α-hetero) is 1. The van der Waals surface area contributed by atoms with E-state index in [9.17, 15) is 14.7 Å². The Bertz CT molecular complexity index is 1180. The van der Waals surface area contributed by atoms with Crippen molar-refractivity contribution < 1.29 is 28.6 Å². The van der Waals surface area contributed by atoms with Crippen LogP contribution < -0.4 is 9.47 Å². The van der Waals surface area contributed by atoms with Crippen LogP contribution in [-0.4, -0.2) is 35.9 Å². The first-order chi connectivity index (χ1) is 15.4. The number of rotatable bonds is 6. The van der Waals surface area contributed by atoms with Crippen LogP contribution in [0.1, 0.15) is 22.9 Å². The zero-order valence-corrected chi connectivity index (χ0v) is 18.1. The van der Waals surface area contributed by atoms with Crippen LogP contribution in [-0.2, 0) is 16.1 Å². The molecule has 4 rings (SSSR count). The van der Waals surface area contributed by atoms with Gasteiger partial charge in [0.25, 0.3) is 11.7 Å². The van der Waals surface area contributed by atoms with E-state index in [2.05, 4.69) is 0 Å². The number of nitrogens with zero attached hydrogens (tertiary/aromatic N) is 1. The highest BCUT2D eigenvalue weighted by Crippen LogP contribution is 2.41. The van der Waals surface area contributed by atoms with Crippen molar-refractivity contribution in [2.45, 2.75) is 12.6 Å². The SMILES string of the molecule is COc1ccc(C2/C(=C(/O)c3ccc(OC)c(Cl)c3)C(=O)C(=O)N2Cc2ccco2)cc1. The van der Waals surface area contributed by atoms with E-state index in [1.807, 2.05) is 0 Å². The Balaban J connectivity index is 1.85. The number of carbonyl (C=O) groups is 2. The number of furan rings is 1. The van der Waals surface area contributed by atoms with Gasteiger partial charge in [-0.05, 0) is 48.0 Å². The molecule has 1 aliphatic heterocycles. The first-order valence-corrected chi connectivity index (χ1v) is 10.1. The van der Waals surface area contributed by atoms with Crippen LogP contribution in [0.15, 0.2) is 70.9 Å². The number of likely N-dealkylation sites (tertiary alicyclic amines) is 1. The van der Waals surface area contributed by atoms with Crippen molar-refractivity contribution >= 4 is 29.1 Å². The lowest BCUT2D eigenvalue weighted by atomic mass is 9.95. The quantitative estimate of drug-likeness (QED) is 0.334. The highest BCUT2D eigenvalue weighted by molar-refractivity contribution is 6.46. The van der Waals surface area contributed by atoms with Gasteiger partial charge in [0.15, 0.2) is 0 Å². The molecule has 0 spiro atoms. The second-order valence-corrected chi connectivity index (χ2v) is 7.54. The third-order valence-corrected chi connectivity index (χ3v) is 5.60. The van der Waals surface area contributed by atoms with Crippen LogP contribution in [0, 0.1) is 0 Å². The van der Waals surface area contributed by atoms with Crippen molar-refractivity contribution in [3.63, 3.8) is 0 Å². The molecular weight excluding hydrogens is 434 g/mol. The van der Waals surface area contributed by atoms with Gasteiger partial charge in [-0.15, -0.1) is 0 Å². The molecule has 0 radical (unpaired) electrons. The monoisotopic (exact) mass is 453 g/mol. The maximum absolute atomic E-state index is 13.1. The van der Waals surface area contributed by atoms with E-state index in [0.717, 1.165) is 0 Å². The van der Waals surface area contributed by atoms with Crippen LogP contribution in [0.4, 0.5) is 0 Å². The van der Waals surface area contributed by atoms with E-state index in [4.69, 9.17) is 25.5 Å². The van der Waals surface area contributed by atoms with E-state index in [0.29, 0.717) is 28.4 Å². The fraction of sp³-hybridized carbons (Fsp3) is 0.167. The Hall–Kier alpha value is -3.71. The topological polar surface area (TPSA) is 89.2 Å². The Morgan fingerprint density at radius 3 is 2.44 bits per heavy atom. The lowest BCUT2D eigenvalue weighted by Gasteiger charge is -2.24. The Morgan fingerprint density at radius 2 is 1.84 bits per heavy atom. The highest BCUT2D eigenvalue weighted by atomic mass is 35.5. The third-order valence-electron chi connectivity index (χ3n) is 5.30. The molecule has 1 N–H and O–H groups in total. The van der Waals surface area contributed by atoms with Crippen LogP contribution in [0.5, 0.6) is 11.5 Å². The summed E-state index contributed by atoms with van der Waals surface area (Å²) in [6, 6.07) is 14.2. The van der Waals surface area contributed by atoms with Crippen LogP contribution in [0.3, 0.4) is 0 Å². The minimum atomic E-state index is -0.827. The van der Waals surface area contributed by atoms with Gasteiger partial charge in [0, 0.05) is 5.56 Å². The average Bonchev–Trinajstić information content (AvgIpc) is 3.41. The van der Waals surface area contributed by atoms with Crippen LogP contribution in [0.25, 0.3) is 5.76 Å². The molecule has 1 atom stereocenters. The molecule has 1 amide bonds. The molecule has 1 aromatic heterocycles. The number of benzene rings is 2. The van der Waals surface area contributed by atoms with Gasteiger partial charge in [-0.2, -0.15) is 0 Å². The van der Waals surface area contributed by atoms with Gasteiger partial charge in [0.1, 0.15) is 23.0 Å². The summed E-state index contributed by atoms with van der Waals surface area (Å²) < 4.78 is 15.8. The van der Waals surface area contributed by atoms with E-state index < -0.39 is 17.7 Å². The fourth-order valence-corrected chi connectivity index (χ4v) is 3.97. The lowest BCUT2D eigenvalue weighted by molar-refractivity contribution is -0.140. The van der Waals surface area contributed by atoms with Crippen molar-refractivity contribution in [3.05, 3.63) is 88.3 Å². The minimum absolute atomic E-state index is 0.0343. The number of halogens is 1. The summed E-state index contributed by atoms with van der Waals surface area (Å²) in [6.45, 7) is 0.0639.